The maximum absolute atomic E-state index is 12.1. The molecule has 0 aliphatic carbocycles. The van der Waals surface area contributed by atoms with E-state index in [0.29, 0.717) is 25.5 Å². The number of likely N-dealkylation sites (tertiary alicyclic amines) is 1. The second kappa shape index (κ2) is 7.11. The van der Waals surface area contributed by atoms with Gasteiger partial charge in [-0.05, 0) is 44.9 Å². The van der Waals surface area contributed by atoms with Crippen LogP contribution >= 0.6 is 0 Å². The monoisotopic (exact) mass is 291 g/mol. The minimum Gasteiger partial charge on any atom is -0.466 e. The van der Waals surface area contributed by atoms with Crippen molar-refractivity contribution in [2.24, 2.45) is 5.92 Å². The minimum absolute atomic E-state index is 0.0990. The summed E-state index contributed by atoms with van der Waals surface area (Å²) in [6.07, 6.45) is 4.75. The first kappa shape index (κ1) is 15.4. The molecule has 1 aromatic heterocycles. The van der Waals surface area contributed by atoms with E-state index in [-0.39, 0.29) is 17.8 Å². The SMILES string of the molecule is CCOC(=O)C1CCCN(C(=O)/C=C/c2ccc(C)o2)C1. The van der Waals surface area contributed by atoms with Crippen molar-refractivity contribution in [3.05, 3.63) is 29.7 Å². The lowest BCUT2D eigenvalue weighted by atomic mass is 9.98. The molecule has 1 atom stereocenters. The van der Waals surface area contributed by atoms with E-state index in [0.717, 1.165) is 18.6 Å². The number of piperidine rings is 1. The number of rotatable bonds is 4. The molecule has 5 nitrogen and oxygen atoms in total. The Hall–Kier alpha value is -2.04. The largest absolute Gasteiger partial charge is 0.466 e. The van der Waals surface area contributed by atoms with Crippen LogP contribution in [-0.4, -0.2) is 36.5 Å². The molecule has 1 aliphatic heterocycles. The van der Waals surface area contributed by atoms with E-state index in [9.17, 15) is 9.59 Å². The summed E-state index contributed by atoms with van der Waals surface area (Å²) in [5.74, 6) is 0.947. The molecule has 0 saturated carbocycles. The van der Waals surface area contributed by atoms with Crippen LogP contribution in [0.15, 0.2) is 22.6 Å². The lowest BCUT2D eigenvalue weighted by Crippen LogP contribution is -2.42. The number of amides is 1. The van der Waals surface area contributed by atoms with Crippen LogP contribution in [-0.2, 0) is 14.3 Å². The summed E-state index contributed by atoms with van der Waals surface area (Å²) < 4.78 is 10.4. The zero-order valence-corrected chi connectivity index (χ0v) is 12.5. The first-order chi connectivity index (χ1) is 10.1. The fraction of sp³-hybridized carbons (Fsp3) is 0.500. The van der Waals surface area contributed by atoms with Gasteiger partial charge in [0.15, 0.2) is 0 Å². The zero-order valence-electron chi connectivity index (χ0n) is 12.5. The molecule has 21 heavy (non-hydrogen) atoms. The van der Waals surface area contributed by atoms with E-state index in [1.54, 1.807) is 17.9 Å². The van der Waals surface area contributed by atoms with Crippen LogP contribution in [0.25, 0.3) is 6.08 Å². The first-order valence-electron chi connectivity index (χ1n) is 7.30. The molecule has 0 N–H and O–H groups in total. The van der Waals surface area contributed by atoms with Gasteiger partial charge in [-0.3, -0.25) is 9.59 Å². The fourth-order valence-electron chi connectivity index (χ4n) is 2.43. The average molecular weight is 291 g/mol. The number of hydrogen-bond acceptors (Lipinski definition) is 4. The van der Waals surface area contributed by atoms with Crippen LogP contribution < -0.4 is 0 Å². The average Bonchev–Trinajstić information content (AvgIpc) is 2.91. The van der Waals surface area contributed by atoms with Gasteiger partial charge in [-0.25, -0.2) is 0 Å². The summed E-state index contributed by atoms with van der Waals surface area (Å²) in [4.78, 5) is 25.6. The molecule has 1 amide bonds. The number of aryl methyl sites for hydroxylation is 1. The second-order valence-corrected chi connectivity index (χ2v) is 5.16. The van der Waals surface area contributed by atoms with Crippen molar-refractivity contribution >= 4 is 18.0 Å². The standard InChI is InChI=1S/C16H21NO4/c1-3-20-16(19)13-5-4-10-17(11-13)15(18)9-8-14-7-6-12(2)21-14/h6-9,13H,3-5,10-11H2,1-2H3/b9-8+. The van der Waals surface area contributed by atoms with Crippen molar-refractivity contribution in [1.29, 1.82) is 0 Å². The van der Waals surface area contributed by atoms with Crippen LogP contribution in [0.4, 0.5) is 0 Å². The number of carbonyl (C=O) groups excluding carboxylic acids is 2. The summed E-state index contributed by atoms with van der Waals surface area (Å²) in [6.45, 7) is 5.13. The van der Waals surface area contributed by atoms with Crippen molar-refractivity contribution in [3.8, 4) is 0 Å². The van der Waals surface area contributed by atoms with Gasteiger partial charge in [0.2, 0.25) is 5.91 Å². The summed E-state index contributed by atoms with van der Waals surface area (Å²) in [5, 5.41) is 0. The quantitative estimate of drug-likeness (QED) is 0.631. The molecule has 0 bridgehead atoms. The third kappa shape index (κ3) is 4.21. The molecular formula is C16H21NO4. The maximum Gasteiger partial charge on any atom is 0.310 e. The highest BCUT2D eigenvalue weighted by atomic mass is 16.5. The Bertz CT molecular complexity index is 532. The number of furan rings is 1. The Labute approximate surface area is 124 Å². The highest BCUT2D eigenvalue weighted by Crippen LogP contribution is 2.18. The highest BCUT2D eigenvalue weighted by molar-refractivity contribution is 5.91. The van der Waals surface area contributed by atoms with Crippen LogP contribution in [0.5, 0.6) is 0 Å². The van der Waals surface area contributed by atoms with Crippen LogP contribution in [0.1, 0.15) is 31.3 Å². The molecule has 5 heteroatoms. The minimum atomic E-state index is -0.208. The molecule has 1 fully saturated rings. The molecule has 0 radical (unpaired) electrons. The predicted octanol–water partition coefficient (Wildman–Crippen LogP) is 2.40. The van der Waals surface area contributed by atoms with Crippen LogP contribution in [0.3, 0.4) is 0 Å². The van der Waals surface area contributed by atoms with Gasteiger partial charge >= 0.3 is 5.97 Å². The highest BCUT2D eigenvalue weighted by Gasteiger charge is 2.28. The third-order valence-electron chi connectivity index (χ3n) is 3.50. The van der Waals surface area contributed by atoms with Gasteiger partial charge in [0, 0.05) is 19.2 Å². The van der Waals surface area contributed by atoms with Gasteiger partial charge in [0.1, 0.15) is 11.5 Å². The fourth-order valence-corrected chi connectivity index (χ4v) is 2.43. The Morgan fingerprint density at radius 2 is 2.29 bits per heavy atom. The normalized spacial score (nSPS) is 19.0. The molecule has 1 aliphatic rings. The molecule has 2 rings (SSSR count). The van der Waals surface area contributed by atoms with E-state index in [1.165, 1.54) is 6.08 Å². The van der Waals surface area contributed by atoms with E-state index in [2.05, 4.69) is 0 Å². The first-order valence-corrected chi connectivity index (χ1v) is 7.30. The van der Waals surface area contributed by atoms with E-state index in [1.807, 2.05) is 19.1 Å². The van der Waals surface area contributed by atoms with Crippen LogP contribution in [0.2, 0.25) is 0 Å². The number of nitrogens with zero attached hydrogens (tertiary/aromatic N) is 1. The Kier molecular flexibility index (Phi) is 5.20. The van der Waals surface area contributed by atoms with Gasteiger partial charge in [-0.15, -0.1) is 0 Å². The van der Waals surface area contributed by atoms with Gasteiger partial charge in [0.25, 0.3) is 0 Å². The lowest BCUT2D eigenvalue weighted by molar-refractivity contribution is -0.150. The smallest absolute Gasteiger partial charge is 0.310 e. The van der Waals surface area contributed by atoms with Crippen molar-refractivity contribution in [3.63, 3.8) is 0 Å². The van der Waals surface area contributed by atoms with Crippen LogP contribution in [0, 0.1) is 12.8 Å². The number of esters is 1. The van der Waals surface area contributed by atoms with E-state index in [4.69, 9.17) is 9.15 Å². The Balaban J connectivity index is 1.92. The molecule has 1 saturated heterocycles. The molecule has 0 spiro atoms. The third-order valence-corrected chi connectivity index (χ3v) is 3.50. The van der Waals surface area contributed by atoms with Gasteiger partial charge in [-0.2, -0.15) is 0 Å². The second-order valence-electron chi connectivity index (χ2n) is 5.16. The van der Waals surface area contributed by atoms with Gasteiger partial charge < -0.3 is 14.1 Å². The van der Waals surface area contributed by atoms with E-state index < -0.39 is 0 Å². The molecular weight excluding hydrogens is 270 g/mol. The number of hydrogen-bond donors (Lipinski definition) is 0. The van der Waals surface area contributed by atoms with Crippen molar-refractivity contribution in [2.75, 3.05) is 19.7 Å². The van der Waals surface area contributed by atoms with Gasteiger partial charge in [-0.1, -0.05) is 0 Å². The van der Waals surface area contributed by atoms with Gasteiger partial charge in [0.05, 0.1) is 12.5 Å². The summed E-state index contributed by atoms with van der Waals surface area (Å²) in [7, 11) is 0. The Morgan fingerprint density at radius 1 is 1.48 bits per heavy atom. The number of ether oxygens (including phenoxy) is 1. The summed E-state index contributed by atoms with van der Waals surface area (Å²) in [6, 6.07) is 3.67. The van der Waals surface area contributed by atoms with Crippen molar-refractivity contribution in [2.45, 2.75) is 26.7 Å². The molecule has 114 valence electrons. The summed E-state index contributed by atoms with van der Waals surface area (Å²) in [5.41, 5.74) is 0. The molecule has 0 aromatic carbocycles. The molecule has 1 aromatic rings. The molecule has 2 heterocycles. The summed E-state index contributed by atoms with van der Waals surface area (Å²) >= 11 is 0. The Morgan fingerprint density at radius 3 is 2.95 bits per heavy atom. The zero-order chi connectivity index (χ0) is 15.2. The van der Waals surface area contributed by atoms with E-state index >= 15 is 0 Å². The molecule has 1 unspecified atom stereocenters. The lowest BCUT2D eigenvalue weighted by Gasteiger charge is -2.30. The number of carbonyl (C=O) groups is 2. The van der Waals surface area contributed by atoms with Crippen molar-refractivity contribution in [1.82, 2.24) is 4.90 Å². The maximum atomic E-state index is 12.1. The predicted molar refractivity (Wildman–Crippen MR) is 78.4 cm³/mol. The van der Waals surface area contributed by atoms with Crippen molar-refractivity contribution < 1.29 is 18.7 Å². The topological polar surface area (TPSA) is 59.8 Å².